The van der Waals surface area contributed by atoms with Crippen LogP contribution in [-0.4, -0.2) is 98.5 Å². The summed E-state index contributed by atoms with van der Waals surface area (Å²) in [6.07, 6.45) is -0.217. The number of hydrogen-bond acceptors (Lipinski definition) is 14. The van der Waals surface area contributed by atoms with E-state index >= 15 is 0 Å². The van der Waals surface area contributed by atoms with Gasteiger partial charge < -0.3 is 54.5 Å². The molecule has 5 aliphatic rings. The summed E-state index contributed by atoms with van der Waals surface area (Å²) >= 11 is 1.22. The van der Waals surface area contributed by atoms with Crippen LogP contribution in [0.1, 0.15) is 5.56 Å². The van der Waals surface area contributed by atoms with E-state index in [-0.39, 0.29) is 12.8 Å². The Kier molecular flexibility index (Phi) is 14.3. The van der Waals surface area contributed by atoms with E-state index in [1.807, 2.05) is 219 Å². The van der Waals surface area contributed by atoms with Crippen LogP contribution in [0.5, 0.6) is 0 Å². The molecule has 6 bridgehead atoms. The van der Waals surface area contributed by atoms with Crippen LogP contribution in [-0.2, 0) is 59.3 Å². The Morgan fingerprint density at radius 2 is 0.909 bits per heavy atom. The summed E-state index contributed by atoms with van der Waals surface area (Å²) < 4.78 is 104. The molecule has 0 aromatic heterocycles. The first kappa shape index (κ1) is 51.9. The second-order valence-corrected chi connectivity index (χ2v) is 45.5. The fourth-order valence-electron chi connectivity index (χ4n) is 10.9. The molecule has 11 atom stereocenters. The van der Waals surface area contributed by atoms with Gasteiger partial charge in [0.2, 0.25) is 9.04 Å². The molecule has 5 heterocycles. The third-order valence-electron chi connectivity index (χ3n) is 14.2. The standard InChI is InChI=1S/C54H54O13SSi9/c1-69-60-71(47-31-15-5-16-32-47)53-43-55-75(50-37-21-8-22-38-50)64-72-44-56-74(61-69,49-35-19-7-20-36-49)66-73(48-33-17-6-18-34-48,59-68-46-29-13-4-14-30-46)54(72,45-27-11-3-12-28-45)58-77(65-72,52-41-25-10-26-42-52)63-70(2)62-76(57-53,67-75)51-39-23-9-24-40-51/h3-42,53,69-71H,43-44H2,1-2H3. The summed E-state index contributed by atoms with van der Waals surface area (Å²) in [5.41, 5.74) is -0.0308. The predicted octanol–water partition coefficient (Wildman–Crippen LogP) is 4.91. The average Bonchev–Trinajstić information content (AvgIpc) is 3.87. The number of fused-ring (bicyclic) bond motifs is 6. The Balaban J connectivity index is 1.21. The van der Waals surface area contributed by atoms with E-state index in [0.29, 0.717) is 26.3 Å². The van der Waals surface area contributed by atoms with Crippen molar-refractivity contribution in [3.63, 3.8) is 0 Å². The van der Waals surface area contributed by atoms with E-state index in [1.54, 1.807) is 0 Å². The molecule has 0 amide bonds. The smallest absolute Gasteiger partial charge is 0.435 e. The highest BCUT2D eigenvalue weighted by Gasteiger charge is 2.89. The third kappa shape index (κ3) is 9.14. The fourth-order valence-corrected chi connectivity index (χ4v) is 57.9. The molecular formula is C54H54O13SSi9. The Morgan fingerprint density at radius 3 is 1.49 bits per heavy atom. The highest BCUT2D eigenvalue weighted by Crippen LogP contribution is 2.58. The van der Waals surface area contributed by atoms with Crippen LogP contribution in [0.15, 0.2) is 248 Å². The normalized spacial score (nSPS) is 33.8. The molecule has 13 rings (SSSR count). The summed E-state index contributed by atoms with van der Waals surface area (Å²) in [6, 6.07) is 80.2. The third-order valence-corrected chi connectivity index (χ3v) is 51.5. The largest absolute Gasteiger partial charge is 0.521 e. The maximum atomic E-state index is 8.61. The summed E-state index contributed by atoms with van der Waals surface area (Å²) in [5, 5.41) is 4.47. The van der Waals surface area contributed by atoms with Gasteiger partial charge in [0.1, 0.15) is 0 Å². The molecule has 5 aliphatic heterocycles. The van der Waals surface area contributed by atoms with E-state index in [9.17, 15) is 0 Å². The van der Waals surface area contributed by atoms with Crippen molar-refractivity contribution in [3.8, 4) is 0 Å². The maximum absolute atomic E-state index is 8.61. The van der Waals surface area contributed by atoms with Crippen LogP contribution in [0.25, 0.3) is 0 Å². The molecule has 5 fully saturated rings. The van der Waals surface area contributed by atoms with Crippen molar-refractivity contribution >= 4 is 123 Å². The van der Waals surface area contributed by atoms with Gasteiger partial charge in [-0.15, -0.1) is 0 Å². The molecule has 0 saturated carbocycles. The Bertz CT molecular complexity index is 3290. The zero-order valence-corrected chi connectivity index (χ0v) is 52.3. The van der Waals surface area contributed by atoms with Gasteiger partial charge in [0.15, 0.2) is 4.85 Å². The van der Waals surface area contributed by atoms with E-state index in [0.717, 1.165) is 15.3 Å². The lowest BCUT2D eigenvalue weighted by Gasteiger charge is -2.50. The zero-order chi connectivity index (χ0) is 52.0. The number of rotatable bonds is 10. The Labute approximate surface area is 464 Å². The molecule has 0 radical (unpaired) electrons. The van der Waals surface area contributed by atoms with Crippen molar-refractivity contribution < 1.29 is 54.5 Å². The SMILES string of the molecule is C[SiH]1O[Si]2(c3ccccc3)OC3CO[Si](c4ccccc4)(O2)O[Si]24CO[Si](c5ccccc5)(O[SiH](C)O[SiH]3c3ccccc3)O[Si](OSc3ccccc3)(c3ccccc3)C2(c2ccccc2)O[Si](c2ccccc2)(O1)O4. The molecule has 23 heteroatoms. The molecule has 77 heavy (non-hydrogen) atoms. The minimum atomic E-state index is -4.79. The molecule has 5 saturated heterocycles. The topological polar surface area (TPSA) is 120 Å². The van der Waals surface area contributed by atoms with Crippen molar-refractivity contribution in [3.05, 3.63) is 248 Å². The van der Waals surface area contributed by atoms with Gasteiger partial charge in [0.25, 0.3) is 0 Å². The highest BCUT2D eigenvalue weighted by molar-refractivity contribution is 7.95. The van der Waals surface area contributed by atoms with E-state index in [2.05, 4.69) is 36.4 Å². The fraction of sp³-hybridized carbons (Fsp3) is 0.111. The average molecular weight is 1200 g/mol. The first-order valence-corrected chi connectivity index (χ1v) is 43.0. The molecule has 8 aromatic carbocycles. The van der Waals surface area contributed by atoms with Gasteiger partial charge in [-0.05, 0) is 41.2 Å². The van der Waals surface area contributed by atoms with Gasteiger partial charge in [-0.2, -0.15) is 0 Å². The van der Waals surface area contributed by atoms with E-state index < -0.39 is 90.5 Å². The van der Waals surface area contributed by atoms with Crippen molar-refractivity contribution in [1.29, 1.82) is 0 Å². The van der Waals surface area contributed by atoms with Crippen LogP contribution in [0.4, 0.5) is 0 Å². The van der Waals surface area contributed by atoms with Gasteiger partial charge in [-0.1, -0.05) is 231 Å². The quantitative estimate of drug-likeness (QED) is 0.136. The maximum Gasteiger partial charge on any atom is 0.521 e. The molecule has 11 unspecified atom stereocenters. The van der Waals surface area contributed by atoms with Gasteiger partial charge in [0.05, 0.1) is 18.6 Å². The molecule has 390 valence electrons. The second kappa shape index (κ2) is 21.2. The Hall–Kier alpha value is -4.46. The summed E-state index contributed by atoms with van der Waals surface area (Å²) in [6.45, 7) is 4.06. The van der Waals surface area contributed by atoms with Crippen molar-refractivity contribution in [1.82, 2.24) is 0 Å². The summed E-state index contributed by atoms with van der Waals surface area (Å²) in [7, 11) is -36.4. The Morgan fingerprint density at radius 1 is 0.455 bits per heavy atom. The van der Waals surface area contributed by atoms with Crippen molar-refractivity contribution in [2.45, 2.75) is 28.6 Å². The molecule has 0 aliphatic carbocycles. The lowest BCUT2D eigenvalue weighted by atomic mass is 10.2. The van der Waals surface area contributed by atoms with Crippen molar-refractivity contribution in [2.75, 3.05) is 12.8 Å². The van der Waals surface area contributed by atoms with E-state index in [4.69, 9.17) is 54.5 Å². The summed E-state index contributed by atoms with van der Waals surface area (Å²) in [5.74, 6) is 0. The highest BCUT2D eigenvalue weighted by atomic mass is 32.2. The van der Waals surface area contributed by atoms with Crippen molar-refractivity contribution in [2.24, 2.45) is 0 Å². The molecule has 13 nitrogen and oxygen atoms in total. The van der Waals surface area contributed by atoms with Gasteiger partial charge in [-0.25, -0.2) is 0 Å². The minimum Gasteiger partial charge on any atom is -0.435 e. The molecular weight excluding hydrogens is 1140 g/mol. The minimum absolute atomic E-state index is 0.0148. The molecule has 8 aromatic rings. The molecule has 0 N–H and O–H groups in total. The van der Waals surface area contributed by atoms with Gasteiger partial charge in [-0.3, -0.25) is 0 Å². The predicted molar refractivity (Wildman–Crippen MR) is 312 cm³/mol. The van der Waals surface area contributed by atoms with Crippen LogP contribution >= 0.6 is 12.0 Å². The first-order valence-electron chi connectivity index (χ1n) is 25.7. The van der Waals surface area contributed by atoms with E-state index in [1.165, 1.54) is 12.0 Å². The number of hydrogen-bond donors (Lipinski definition) is 0. The van der Waals surface area contributed by atoms with Crippen LogP contribution in [0, 0.1) is 0 Å². The molecule has 1 spiro atoms. The van der Waals surface area contributed by atoms with Crippen LogP contribution < -0.4 is 31.1 Å². The van der Waals surface area contributed by atoms with Crippen LogP contribution in [0.2, 0.25) is 13.1 Å². The first-order chi connectivity index (χ1) is 37.7. The lowest BCUT2D eigenvalue weighted by molar-refractivity contribution is 0.112. The van der Waals surface area contributed by atoms with Gasteiger partial charge >= 0.3 is 70.9 Å². The second-order valence-electron chi connectivity index (χ2n) is 19.2. The van der Waals surface area contributed by atoms with Gasteiger partial charge in [0, 0.05) is 37.7 Å². The van der Waals surface area contributed by atoms with Crippen LogP contribution in [0.3, 0.4) is 0 Å². The number of benzene rings is 8. The lowest BCUT2D eigenvalue weighted by Crippen LogP contribution is -2.82. The monoisotopic (exact) mass is 1190 g/mol. The summed E-state index contributed by atoms with van der Waals surface area (Å²) in [4.78, 5) is -0.994. The zero-order valence-electron chi connectivity index (χ0n) is 42.0.